The van der Waals surface area contributed by atoms with Gasteiger partial charge in [0.05, 0.1) is 32.5 Å². The lowest BCUT2D eigenvalue weighted by Crippen LogP contribution is -2.46. The Morgan fingerprint density at radius 2 is 1.97 bits per heavy atom. The zero-order valence-electron chi connectivity index (χ0n) is 18.6. The van der Waals surface area contributed by atoms with Crippen molar-refractivity contribution in [2.45, 2.75) is 25.8 Å². The first-order valence-corrected chi connectivity index (χ1v) is 11.2. The minimum atomic E-state index is 0.296. The molecule has 1 aromatic carbocycles. The molecule has 168 valence electrons. The van der Waals surface area contributed by atoms with Crippen molar-refractivity contribution in [3.05, 3.63) is 35.4 Å². The highest BCUT2D eigenvalue weighted by Gasteiger charge is 2.23. The van der Waals surface area contributed by atoms with Crippen LogP contribution < -0.4 is 10.6 Å². The van der Waals surface area contributed by atoms with Gasteiger partial charge in [0.2, 0.25) is 0 Å². The number of guanidine groups is 1. The molecule has 2 fully saturated rings. The lowest BCUT2D eigenvalue weighted by molar-refractivity contribution is 0.0170. The molecule has 30 heavy (non-hydrogen) atoms. The van der Waals surface area contributed by atoms with Gasteiger partial charge in [-0.3, -0.25) is 9.89 Å². The highest BCUT2D eigenvalue weighted by molar-refractivity contribution is 5.79. The van der Waals surface area contributed by atoms with Crippen LogP contribution in [0.25, 0.3) is 0 Å². The van der Waals surface area contributed by atoms with Crippen molar-refractivity contribution in [1.82, 2.24) is 15.5 Å². The maximum Gasteiger partial charge on any atom is 0.191 e. The molecule has 0 spiro atoms. The van der Waals surface area contributed by atoms with E-state index in [1.807, 2.05) is 7.05 Å². The number of ether oxygens (including phenoxy) is 3. The van der Waals surface area contributed by atoms with Crippen molar-refractivity contribution >= 4 is 5.96 Å². The number of nitrogens with zero attached hydrogens (tertiary/aromatic N) is 2. The summed E-state index contributed by atoms with van der Waals surface area (Å²) in [5.74, 6) is 1.41. The lowest BCUT2D eigenvalue weighted by Gasteiger charge is -2.35. The molecule has 0 bridgehead atoms. The van der Waals surface area contributed by atoms with Crippen LogP contribution in [0.15, 0.2) is 29.3 Å². The van der Waals surface area contributed by atoms with Gasteiger partial charge in [-0.1, -0.05) is 29.8 Å². The second-order valence-corrected chi connectivity index (χ2v) is 8.11. The molecule has 2 aliphatic rings. The standard InChI is InChI=1S/C23H38N4O3/c1-19-4-6-21(7-5-19)22(27-10-14-28-15-11-27)16-26-23(24-2)25-9-3-12-29-17-20-8-13-30-18-20/h4-7,20,22H,3,8-18H2,1-2H3,(H2,24,25,26). The molecular weight excluding hydrogens is 380 g/mol. The van der Waals surface area contributed by atoms with Crippen LogP contribution in [0.3, 0.4) is 0 Å². The molecule has 0 saturated carbocycles. The fourth-order valence-electron chi connectivity index (χ4n) is 3.90. The minimum absolute atomic E-state index is 0.296. The first kappa shape index (κ1) is 23.0. The van der Waals surface area contributed by atoms with Gasteiger partial charge in [-0.05, 0) is 25.3 Å². The largest absolute Gasteiger partial charge is 0.381 e. The third-order valence-electron chi connectivity index (χ3n) is 5.77. The first-order valence-electron chi connectivity index (χ1n) is 11.2. The average molecular weight is 419 g/mol. The van der Waals surface area contributed by atoms with Crippen LogP contribution in [-0.4, -0.2) is 83.7 Å². The van der Waals surface area contributed by atoms with Crippen LogP contribution in [0, 0.1) is 12.8 Å². The fraction of sp³-hybridized carbons (Fsp3) is 0.696. The van der Waals surface area contributed by atoms with Crippen molar-refractivity contribution in [3.63, 3.8) is 0 Å². The van der Waals surface area contributed by atoms with Gasteiger partial charge in [-0.2, -0.15) is 0 Å². The number of nitrogens with one attached hydrogen (secondary N) is 2. The Labute approximate surface area is 181 Å². The quantitative estimate of drug-likeness (QED) is 0.344. The van der Waals surface area contributed by atoms with Gasteiger partial charge >= 0.3 is 0 Å². The van der Waals surface area contributed by atoms with E-state index >= 15 is 0 Å². The van der Waals surface area contributed by atoms with Gasteiger partial charge in [0.15, 0.2) is 5.96 Å². The van der Waals surface area contributed by atoms with Gasteiger partial charge in [-0.15, -0.1) is 0 Å². The molecule has 2 saturated heterocycles. The molecule has 0 aliphatic carbocycles. The van der Waals surface area contributed by atoms with E-state index in [4.69, 9.17) is 14.2 Å². The molecule has 2 heterocycles. The summed E-state index contributed by atoms with van der Waals surface area (Å²) in [6.07, 6.45) is 2.08. The number of hydrogen-bond acceptors (Lipinski definition) is 5. The smallest absolute Gasteiger partial charge is 0.191 e. The summed E-state index contributed by atoms with van der Waals surface area (Å²) in [5.41, 5.74) is 2.61. The van der Waals surface area contributed by atoms with Gasteiger partial charge in [0, 0.05) is 52.4 Å². The Morgan fingerprint density at radius 3 is 2.67 bits per heavy atom. The summed E-state index contributed by atoms with van der Waals surface area (Å²) in [6, 6.07) is 9.14. The van der Waals surface area contributed by atoms with Crippen LogP contribution in [0.2, 0.25) is 0 Å². The molecule has 2 unspecified atom stereocenters. The zero-order valence-corrected chi connectivity index (χ0v) is 18.6. The molecule has 7 nitrogen and oxygen atoms in total. The Balaban J connectivity index is 1.41. The van der Waals surface area contributed by atoms with Crippen molar-refractivity contribution < 1.29 is 14.2 Å². The summed E-state index contributed by atoms with van der Waals surface area (Å²) in [7, 11) is 1.82. The normalized spacial score (nSPS) is 21.5. The minimum Gasteiger partial charge on any atom is -0.381 e. The summed E-state index contributed by atoms with van der Waals surface area (Å²) >= 11 is 0. The van der Waals surface area contributed by atoms with Crippen molar-refractivity contribution in [1.29, 1.82) is 0 Å². The number of aliphatic imine (C=N–C) groups is 1. The second kappa shape index (κ2) is 12.9. The zero-order chi connectivity index (χ0) is 21.0. The number of rotatable bonds is 10. The maximum atomic E-state index is 5.78. The van der Waals surface area contributed by atoms with Crippen molar-refractivity contribution in [3.8, 4) is 0 Å². The molecule has 1 aromatic rings. The van der Waals surface area contributed by atoms with E-state index in [9.17, 15) is 0 Å². The van der Waals surface area contributed by atoms with E-state index in [0.29, 0.717) is 12.0 Å². The number of hydrogen-bond donors (Lipinski definition) is 2. The van der Waals surface area contributed by atoms with Crippen LogP contribution in [0.1, 0.15) is 30.0 Å². The Hall–Kier alpha value is -1.67. The Kier molecular flexibility index (Phi) is 9.89. The van der Waals surface area contributed by atoms with Crippen LogP contribution in [-0.2, 0) is 14.2 Å². The molecule has 2 atom stereocenters. The van der Waals surface area contributed by atoms with Crippen molar-refractivity contribution in [2.24, 2.45) is 10.9 Å². The molecule has 2 N–H and O–H groups in total. The predicted molar refractivity (Wildman–Crippen MR) is 120 cm³/mol. The van der Waals surface area contributed by atoms with Crippen LogP contribution in [0.4, 0.5) is 0 Å². The van der Waals surface area contributed by atoms with Crippen LogP contribution >= 0.6 is 0 Å². The number of morpholine rings is 1. The summed E-state index contributed by atoms with van der Waals surface area (Å²) in [4.78, 5) is 6.88. The summed E-state index contributed by atoms with van der Waals surface area (Å²) < 4.78 is 16.7. The van der Waals surface area contributed by atoms with Gasteiger partial charge in [0.1, 0.15) is 0 Å². The van der Waals surface area contributed by atoms with E-state index in [1.54, 1.807) is 0 Å². The first-order chi connectivity index (χ1) is 14.8. The summed E-state index contributed by atoms with van der Waals surface area (Å²) in [5, 5.41) is 6.92. The second-order valence-electron chi connectivity index (χ2n) is 8.11. The Bertz CT molecular complexity index is 626. The number of benzene rings is 1. The van der Waals surface area contributed by atoms with E-state index in [2.05, 4.69) is 51.7 Å². The molecule has 7 heteroatoms. The highest BCUT2D eigenvalue weighted by atomic mass is 16.5. The van der Waals surface area contributed by atoms with E-state index in [-0.39, 0.29) is 0 Å². The van der Waals surface area contributed by atoms with Gasteiger partial charge in [0.25, 0.3) is 0 Å². The molecule has 0 aromatic heterocycles. The molecule has 2 aliphatic heterocycles. The van der Waals surface area contributed by atoms with E-state index in [1.165, 1.54) is 11.1 Å². The molecule has 0 amide bonds. The highest BCUT2D eigenvalue weighted by Crippen LogP contribution is 2.21. The molecule has 0 radical (unpaired) electrons. The molecule has 3 rings (SSSR count). The SMILES string of the molecule is CN=C(NCCCOCC1CCOC1)NCC(c1ccc(C)cc1)N1CCOCC1. The van der Waals surface area contributed by atoms with Crippen LogP contribution in [0.5, 0.6) is 0 Å². The lowest BCUT2D eigenvalue weighted by atomic mass is 10.0. The van der Waals surface area contributed by atoms with Crippen molar-refractivity contribution in [2.75, 3.05) is 72.9 Å². The summed E-state index contributed by atoms with van der Waals surface area (Å²) in [6.45, 7) is 10.6. The van der Waals surface area contributed by atoms with Gasteiger partial charge in [-0.25, -0.2) is 0 Å². The van der Waals surface area contributed by atoms with E-state index in [0.717, 1.165) is 84.6 Å². The number of aryl methyl sites for hydroxylation is 1. The maximum absolute atomic E-state index is 5.78. The van der Waals surface area contributed by atoms with E-state index < -0.39 is 0 Å². The Morgan fingerprint density at radius 1 is 1.17 bits per heavy atom. The van der Waals surface area contributed by atoms with Gasteiger partial charge < -0.3 is 24.8 Å². The predicted octanol–water partition coefficient (Wildman–Crippen LogP) is 1.98. The molecular formula is C23H38N4O3. The third kappa shape index (κ3) is 7.54. The monoisotopic (exact) mass is 418 g/mol. The average Bonchev–Trinajstić information content (AvgIpc) is 3.30. The topological polar surface area (TPSA) is 67.4 Å². The third-order valence-corrected chi connectivity index (χ3v) is 5.77. The fourth-order valence-corrected chi connectivity index (χ4v) is 3.90.